The van der Waals surface area contributed by atoms with Crippen molar-refractivity contribution in [3.63, 3.8) is 0 Å². The lowest BCUT2D eigenvalue weighted by atomic mass is 9.88. The second kappa shape index (κ2) is 12.0. The molecule has 0 bridgehead atoms. The molecule has 2 N–H and O–H groups in total. The Morgan fingerprint density at radius 2 is 1.97 bits per heavy atom. The van der Waals surface area contributed by atoms with Crippen LogP contribution in [0, 0.1) is 5.41 Å². The highest BCUT2D eigenvalue weighted by Gasteiger charge is 2.26. The molecule has 3 aromatic rings. The molecule has 1 aliphatic rings. The maximum absolute atomic E-state index is 13.3. The first-order chi connectivity index (χ1) is 18.5. The highest BCUT2D eigenvalue weighted by atomic mass is 32.1. The van der Waals surface area contributed by atoms with E-state index in [1.54, 1.807) is 6.20 Å². The van der Waals surface area contributed by atoms with Gasteiger partial charge in [-0.1, -0.05) is 47.3 Å². The van der Waals surface area contributed by atoms with Crippen molar-refractivity contribution in [1.29, 1.82) is 0 Å². The van der Waals surface area contributed by atoms with Crippen LogP contribution in [0.1, 0.15) is 93.0 Å². The Hall–Kier alpha value is -3.04. The van der Waals surface area contributed by atoms with Crippen LogP contribution in [-0.2, 0) is 11.3 Å². The first-order valence-corrected chi connectivity index (χ1v) is 14.7. The average molecular weight is 551 g/mol. The highest BCUT2D eigenvalue weighted by molar-refractivity contribution is 7.13. The number of benzene rings is 1. The summed E-state index contributed by atoms with van der Waals surface area (Å²) in [7, 11) is 0. The van der Waals surface area contributed by atoms with E-state index >= 15 is 0 Å². The SMILES string of the molecule is C=CC(=O)N1CCC[C@@H](n2c(NC(=O)c3cnc(C(C)C)s3)nc3cc(CN[C@@H](C)C(C)(C)C)ccc32)CC1. The molecule has 8 nitrogen and oxygen atoms in total. The predicted molar refractivity (Wildman–Crippen MR) is 159 cm³/mol. The molecular formula is C30H42N6O2S. The predicted octanol–water partition coefficient (Wildman–Crippen LogP) is 6.13. The molecule has 1 fully saturated rings. The van der Waals surface area contributed by atoms with Crippen LogP contribution >= 0.6 is 11.3 Å². The molecule has 39 heavy (non-hydrogen) atoms. The van der Waals surface area contributed by atoms with Gasteiger partial charge >= 0.3 is 0 Å². The molecule has 3 heterocycles. The van der Waals surface area contributed by atoms with E-state index in [1.165, 1.54) is 17.4 Å². The van der Waals surface area contributed by atoms with Crippen molar-refractivity contribution in [1.82, 2.24) is 24.8 Å². The van der Waals surface area contributed by atoms with Crippen molar-refractivity contribution in [3.05, 3.63) is 52.5 Å². The molecule has 0 unspecified atom stereocenters. The minimum atomic E-state index is -0.200. The van der Waals surface area contributed by atoms with Gasteiger partial charge in [-0.2, -0.15) is 0 Å². The molecule has 0 aliphatic carbocycles. The number of nitrogens with one attached hydrogen (secondary N) is 2. The Morgan fingerprint density at radius 1 is 1.21 bits per heavy atom. The number of rotatable bonds is 8. The number of nitrogens with zero attached hydrogens (tertiary/aromatic N) is 4. The van der Waals surface area contributed by atoms with Crippen LogP contribution < -0.4 is 10.6 Å². The van der Waals surface area contributed by atoms with Crippen molar-refractivity contribution < 1.29 is 9.59 Å². The van der Waals surface area contributed by atoms with Gasteiger partial charge in [0.25, 0.3) is 5.91 Å². The first-order valence-electron chi connectivity index (χ1n) is 13.9. The fourth-order valence-corrected chi connectivity index (χ4v) is 5.61. The molecule has 1 aliphatic heterocycles. The summed E-state index contributed by atoms with van der Waals surface area (Å²) in [6, 6.07) is 6.81. The Kier molecular flexibility index (Phi) is 8.91. The Labute approximate surface area is 235 Å². The summed E-state index contributed by atoms with van der Waals surface area (Å²) in [5, 5.41) is 7.66. The van der Waals surface area contributed by atoms with E-state index in [1.807, 2.05) is 4.90 Å². The van der Waals surface area contributed by atoms with Crippen LogP contribution in [0.5, 0.6) is 0 Å². The number of amides is 2. The summed E-state index contributed by atoms with van der Waals surface area (Å²) in [5.41, 5.74) is 3.14. The zero-order valence-corrected chi connectivity index (χ0v) is 24.9. The number of likely N-dealkylation sites (tertiary alicyclic amines) is 1. The quantitative estimate of drug-likeness (QED) is 0.329. The standard InChI is InChI=1S/C30H42N6O2S/c1-8-26(37)35-14-9-10-22(13-15-35)36-24-12-11-21(17-31-20(4)30(5,6)7)16-23(24)33-29(36)34-27(38)25-18-32-28(39-25)19(2)3/h8,11-12,16,18-20,22,31H,1,9-10,13-15,17H2,2-7H3,(H,33,34,38)/t20-,22+/m0/s1. The minimum absolute atomic E-state index is 0.0348. The van der Waals surface area contributed by atoms with E-state index in [0.29, 0.717) is 30.0 Å². The molecule has 9 heteroatoms. The first kappa shape index (κ1) is 29.0. The van der Waals surface area contributed by atoms with Gasteiger partial charge in [0.05, 0.1) is 22.2 Å². The molecule has 0 radical (unpaired) electrons. The lowest BCUT2D eigenvalue weighted by molar-refractivity contribution is -0.125. The van der Waals surface area contributed by atoms with E-state index in [4.69, 9.17) is 4.98 Å². The largest absolute Gasteiger partial charge is 0.339 e. The van der Waals surface area contributed by atoms with Gasteiger partial charge in [-0.3, -0.25) is 14.9 Å². The molecule has 2 atom stereocenters. The van der Waals surface area contributed by atoms with Crippen LogP contribution in [0.3, 0.4) is 0 Å². The molecular weight excluding hydrogens is 508 g/mol. The van der Waals surface area contributed by atoms with Crippen molar-refractivity contribution in [2.24, 2.45) is 5.41 Å². The number of carbonyl (C=O) groups is 2. The fourth-order valence-electron chi connectivity index (χ4n) is 4.80. The number of thiazole rings is 1. The minimum Gasteiger partial charge on any atom is -0.339 e. The van der Waals surface area contributed by atoms with E-state index in [9.17, 15) is 9.59 Å². The smallest absolute Gasteiger partial charge is 0.269 e. The fraction of sp³-hybridized carbons (Fsp3) is 0.533. The summed E-state index contributed by atoms with van der Waals surface area (Å²) in [6.07, 6.45) is 5.57. The number of imidazole rings is 1. The molecule has 2 amide bonds. The summed E-state index contributed by atoms with van der Waals surface area (Å²) >= 11 is 1.42. The third kappa shape index (κ3) is 6.76. The van der Waals surface area contributed by atoms with Crippen molar-refractivity contribution in [2.75, 3.05) is 18.4 Å². The van der Waals surface area contributed by atoms with E-state index in [-0.39, 0.29) is 29.2 Å². The molecule has 1 saturated heterocycles. The Bertz CT molecular complexity index is 1330. The number of anilines is 1. The molecule has 0 saturated carbocycles. The van der Waals surface area contributed by atoms with Crippen molar-refractivity contribution in [2.45, 2.75) is 85.4 Å². The molecule has 1 aromatic carbocycles. The highest BCUT2D eigenvalue weighted by Crippen LogP contribution is 2.32. The van der Waals surface area contributed by atoms with Crippen LogP contribution in [0.2, 0.25) is 0 Å². The van der Waals surface area contributed by atoms with Gasteiger partial charge in [0.15, 0.2) is 0 Å². The van der Waals surface area contributed by atoms with E-state index < -0.39 is 0 Å². The Morgan fingerprint density at radius 3 is 2.64 bits per heavy atom. The normalized spacial score (nSPS) is 17.3. The molecule has 2 aromatic heterocycles. The maximum Gasteiger partial charge on any atom is 0.269 e. The van der Waals surface area contributed by atoms with Gasteiger partial charge in [0, 0.05) is 37.6 Å². The third-order valence-electron chi connectivity index (χ3n) is 7.68. The monoisotopic (exact) mass is 550 g/mol. The molecule has 0 spiro atoms. The topological polar surface area (TPSA) is 92.2 Å². The van der Waals surface area contributed by atoms with Crippen LogP contribution in [0.15, 0.2) is 37.1 Å². The lowest BCUT2D eigenvalue weighted by Crippen LogP contribution is -2.37. The molecule has 210 valence electrons. The van der Waals surface area contributed by atoms with E-state index in [0.717, 1.165) is 47.4 Å². The van der Waals surface area contributed by atoms with Crippen molar-refractivity contribution >= 4 is 40.1 Å². The van der Waals surface area contributed by atoms with Crippen LogP contribution in [0.25, 0.3) is 11.0 Å². The van der Waals surface area contributed by atoms with Crippen molar-refractivity contribution in [3.8, 4) is 0 Å². The summed E-state index contributed by atoms with van der Waals surface area (Å²) < 4.78 is 2.16. The number of hydrogen-bond donors (Lipinski definition) is 2. The maximum atomic E-state index is 13.3. The lowest BCUT2D eigenvalue weighted by Gasteiger charge is -2.28. The summed E-state index contributed by atoms with van der Waals surface area (Å²) in [4.78, 5) is 37.3. The zero-order valence-electron chi connectivity index (χ0n) is 24.1. The van der Waals surface area contributed by atoms with E-state index in [2.05, 4.69) is 86.5 Å². The second-order valence-electron chi connectivity index (χ2n) is 11.9. The van der Waals surface area contributed by atoms with Crippen LogP contribution in [-0.4, -0.2) is 50.4 Å². The third-order valence-corrected chi connectivity index (χ3v) is 8.98. The Balaban J connectivity index is 1.65. The average Bonchev–Trinajstić information content (AvgIpc) is 3.44. The number of fused-ring (bicyclic) bond motifs is 1. The summed E-state index contributed by atoms with van der Waals surface area (Å²) in [6.45, 7) is 18.8. The number of hydrogen-bond acceptors (Lipinski definition) is 6. The number of carbonyl (C=O) groups excluding carboxylic acids is 2. The van der Waals surface area contributed by atoms with Gasteiger partial charge in [-0.15, -0.1) is 11.3 Å². The van der Waals surface area contributed by atoms with Gasteiger partial charge in [0.2, 0.25) is 11.9 Å². The van der Waals surface area contributed by atoms with Gasteiger partial charge in [-0.05, 0) is 55.4 Å². The van der Waals surface area contributed by atoms with Gasteiger partial charge in [-0.25, -0.2) is 9.97 Å². The number of aromatic nitrogens is 3. The summed E-state index contributed by atoms with van der Waals surface area (Å²) in [5.74, 6) is 0.568. The zero-order chi connectivity index (χ0) is 28.3. The molecule has 4 rings (SSSR count). The van der Waals surface area contributed by atoms with Crippen LogP contribution in [0.4, 0.5) is 5.95 Å². The van der Waals surface area contributed by atoms with Gasteiger partial charge in [0.1, 0.15) is 4.88 Å². The second-order valence-corrected chi connectivity index (χ2v) is 12.9. The van der Waals surface area contributed by atoms with Gasteiger partial charge < -0.3 is 14.8 Å².